The number of sulfonamides is 1. The third kappa shape index (κ3) is 4.54. The maximum Gasteiger partial charge on any atom is 0.252 e. The van der Waals surface area contributed by atoms with Crippen molar-refractivity contribution >= 4 is 44.6 Å². The molecule has 1 aromatic heterocycles. The molecule has 1 amide bonds. The largest absolute Gasteiger partial charge is 0.465 e. The molecule has 9 heteroatoms. The summed E-state index contributed by atoms with van der Waals surface area (Å²) in [5.74, 6) is 0.386. The van der Waals surface area contributed by atoms with Crippen molar-refractivity contribution in [2.45, 2.75) is 17.1 Å². The van der Waals surface area contributed by atoms with E-state index in [2.05, 4.69) is 4.99 Å². The maximum atomic E-state index is 12.6. The van der Waals surface area contributed by atoms with Crippen molar-refractivity contribution in [2.75, 3.05) is 20.6 Å². The van der Waals surface area contributed by atoms with E-state index in [1.165, 1.54) is 44.1 Å². The van der Waals surface area contributed by atoms with Crippen molar-refractivity contribution in [3.63, 3.8) is 0 Å². The fourth-order valence-electron chi connectivity index (χ4n) is 2.55. The molecule has 0 radical (unpaired) electrons. The molecule has 3 rings (SSSR count). The number of amidine groups is 1. The molecule has 1 aliphatic rings. The summed E-state index contributed by atoms with van der Waals surface area (Å²) >= 11 is 1.48. The van der Waals surface area contributed by atoms with E-state index in [0.717, 1.165) is 4.31 Å². The predicted molar refractivity (Wildman–Crippen MR) is 111 cm³/mol. The number of hydrogen-bond donors (Lipinski definition) is 0. The van der Waals surface area contributed by atoms with Crippen LogP contribution in [0.1, 0.15) is 12.7 Å². The molecule has 7 nitrogen and oxygen atoms in total. The zero-order chi connectivity index (χ0) is 20.3. The van der Waals surface area contributed by atoms with Gasteiger partial charge >= 0.3 is 0 Å². The summed E-state index contributed by atoms with van der Waals surface area (Å²) in [7, 11) is -0.592. The molecule has 0 spiro atoms. The van der Waals surface area contributed by atoms with Crippen LogP contribution < -0.4 is 0 Å². The first kappa shape index (κ1) is 20.4. The van der Waals surface area contributed by atoms with Crippen LogP contribution in [0.2, 0.25) is 0 Å². The molecular formula is C19H21N3O4S2. The van der Waals surface area contributed by atoms with Crippen LogP contribution in [-0.4, -0.2) is 54.6 Å². The van der Waals surface area contributed by atoms with E-state index in [9.17, 15) is 13.2 Å². The number of rotatable bonds is 5. The summed E-state index contributed by atoms with van der Waals surface area (Å²) in [5, 5.41) is 0.731. The molecule has 0 saturated carbocycles. The Hall–Kier alpha value is -2.36. The molecule has 0 aliphatic carbocycles. The van der Waals surface area contributed by atoms with E-state index in [4.69, 9.17) is 4.42 Å². The maximum absolute atomic E-state index is 12.6. The van der Waals surface area contributed by atoms with Crippen molar-refractivity contribution < 1.29 is 17.6 Å². The number of benzene rings is 1. The Morgan fingerprint density at radius 1 is 1.32 bits per heavy atom. The Morgan fingerprint density at radius 3 is 2.79 bits per heavy atom. The second-order valence-electron chi connectivity index (χ2n) is 6.41. The number of nitrogens with zero attached hydrogens (tertiary/aromatic N) is 3. The monoisotopic (exact) mass is 419 g/mol. The van der Waals surface area contributed by atoms with Gasteiger partial charge in [0.2, 0.25) is 10.0 Å². The average Bonchev–Trinajstić information content (AvgIpc) is 3.29. The van der Waals surface area contributed by atoms with E-state index < -0.39 is 10.0 Å². The van der Waals surface area contributed by atoms with Gasteiger partial charge in [0.25, 0.3) is 5.91 Å². The van der Waals surface area contributed by atoms with Gasteiger partial charge in [-0.3, -0.25) is 9.69 Å². The summed E-state index contributed by atoms with van der Waals surface area (Å²) in [5.41, 5.74) is 0.479. The van der Waals surface area contributed by atoms with E-state index in [1.807, 2.05) is 6.92 Å². The van der Waals surface area contributed by atoms with Crippen LogP contribution in [0, 0.1) is 0 Å². The van der Waals surface area contributed by atoms with Gasteiger partial charge in [-0.15, -0.1) is 0 Å². The third-order valence-corrected chi connectivity index (χ3v) is 6.88. The van der Waals surface area contributed by atoms with E-state index >= 15 is 0 Å². The van der Waals surface area contributed by atoms with Crippen LogP contribution >= 0.6 is 11.8 Å². The second-order valence-corrected chi connectivity index (χ2v) is 9.96. The van der Waals surface area contributed by atoms with Gasteiger partial charge in [-0.25, -0.2) is 17.7 Å². The van der Waals surface area contributed by atoms with Gasteiger partial charge < -0.3 is 4.42 Å². The molecule has 2 heterocycles. The molecule has 148 valence electrons. The van der Waals surface area contributed by atoms with Crippen molar-refractivity contribution in [3.05, 3.63) is 54.5 Å². The van der Waals surface area contributed by atoms with Crippen LogP contribution in [0.15, 0.2) is 63.0 Å². The second kappa shape index (κ2) is 8.34. The number of carbonyl (C=O) groups is 1. The quantitative estimate of drug-likeness (QED) is 0.695. The molecule has 1 saturated heterocycles. The molecule has 1 atom stereocenters. The highest BCUT2D eigenvalue weighted by Crippen LogP contribution is 2.29. The van der Waals surface area contributed by atoms with E-state index in [-0.39, 0.29) is 16.1 Å². The number of furan rings is 1. The molecule has 1 aromatic carbocycles. The number of hydrogen-bond acceptors (Lipinski definition) is 6. The fourth-order valence-corrected chi connectivity index (χ4v) is 4.53. The minimum Gasteiger partial charge on any atom is -0.465 e. The lowest BCUT2D eigenvalue weighted by Crippen LogP contribution is -2.30. The Labute approximate surface area is 168 Å². The molecule has 0 unspecified atom stereocenters. The first-order valence-electron chi connectivity index (χ1n) is 8.58. The SMILES string of the molecule is C[C@H]1CN(C(=O)/C=C/c2ccco2)C(=Nc2cccc(S(=O)(=O)N(C)C)c2)S1. The number of amides is 1. The van der Waals surface area contributed by atoms with E-state index in [1.54, 1.807) is 41.5 Å². The molecule has 0 N–H and O–H groups in total. The average molecular weight is 420 g/mol. The molecule has 1 fully saturated rings. The summed E-state index contributed by atoms with van der Waals surface area (Å²) < 4.78 is 31.0. The number of carbonyl (C=O) groups excluding carboxylic acids is 1. The lowest BCUT2D eigenvalue weighted by molar-refractivity contribution is -0.122. The van der Waals surface area contributed by atoms with Crippen molar-refractivity contribution in [2.24, 2.45) is 4.99 Å². The van der Waals surface area contributed by atoms with Gasteiger partial charge in [0.15, 0.2) is 5.17 Å². The van der Waals surface area contributed by atoms with Crippen LogP contribution in [0.5, 0.6) is 0 Å². The van der Waals surface area contributed by atoms with Gasteiger partial charge in [-0.2, -0.15) is 0 Å². The normalized spacial score (nSPS) is 19.2. The number of thioether (sulfide) groups is 1. The Bertz CT molecular complexity index is 1010. The number of aliphatic imine (C=N–C) groups is 1. The summed E-state index contributed by atoms with van der Waals surface area (Å²) in [6.45, 7) is 2.54. The molecular weight excluding hydrogens is 398 g/mol. The summed E-state index contributed by atoms with van der Waals surface area (Å²) in [6.07, 6.45) is 4.59. The van der Waals surface area contributed by atoms with Crippen LogP contribution in [0.3, 0.4) is 0 Å². The highest BCUT2D eigenvalue weighted by molar-refractivity contribution is 8.14. The lowest BCUT2D eigenvalue weighted by atomic mass is 10.3. The Morgan fingerprint density at radius 2 is 2.11 bits per heavy atom. The lowest BCUT2D eigenvalue weighted by Gasteiger charge is -2.14. The molecule has 0 bridgehead atoms. The smallest absolute Gasteiger partial charge is 0.252 e. The Kier molecular flexibility index (Phi) is 6.07. The predicted octanol–water partition coefficient (Wildman–Crippen LogP) is 3.19. The summed E-state index contributed by atoms with van der Waals surface area (Å²) in [6, 6.07) is 9.90. The zero-order valence-electron chi connectivity index (χ0n) is 15.8. The first-order chi connectivity index (χ1) is 13.3. The van der Waals surface area contributed by atoms with E-state index in [0.29, 0.717) is 23.2 Å². The molecule has 28 heavy (non-hydrogen) atoms. The van der Waals surface area contributed by atoms with Gasteiger partial charge in [-0.1, -0.05) is 24.8 Å². The van der Waals surface area contributed by atoms with Gasteiger partial charge in [-0.05, 0) is 36.4 Å². The Balaban J connectivity index is 1.86. The highest BCUT2D eigenvalue weighted by Gasteiger charge is 2.29. The van der Waals surface area contributed by atoms with Crippen LogP contribution in [0.25, 0.3) is 6.08 Å². The molecule has 1 aliphatic heterocycles. The molecule has 2 aromatic rings. The first-order valence-corrected chi connectivity index (χ1v) is 10.9. The fraction of sp³-hybridized carbons (Fsp3) is 0.263. The zero-order valence-corrected chi connectivity index (χ0v) is 17.4. The third-order valence-electron chi connectivity index (χ3n) is 4.00. The van der Waals surface area contributed by atoms with Crippen molar-refractivity contribution in [1.82, 2.24) is 9.21 Å². The standard InChI is InChI=1S/C19H21N3O4S2/c1-14-13-22(18(23)10-9-16-7-5-11-26-16)19(27-14)20-15-6-4-8-17(12-15)28(24,25)21(2)3/h4-12,14H,13H2,1-3H3/b10-9+,20-19?/t14-/m0/s1. The van der Waals surface area contributed by atoms with Gasteiger partial charge in [0.1, 0.15) is 5.76 Å². The summed E-state index contributed by atoms with van der Waals surface area (Å²) in [4.78, 5) is 18.9. The van der Waals surface area contributed by atoms with Gasteiger partial charge in [0.05, 0.1) is 16.8 Å². The van der Waals surface area contributed by atoms with Crippen LogP contribution in [-0.2, 0) is 14.8 Å². The minimum absolute atomic E-state index is 0.158. The van der Waals surface area contributed by atoms with Crippen LogP contribution in [0.4, 0.5) is 5.69 Å². The topological polar surface area (TPSA) is 83.2 Å². The van der Waals surface area contributed by atoms with Gasteiger partial charge in [0, 0.05) is 32.0 Å². The van der Waals surface area contributed by atoms with Crippen molar-refractivity contribution in [3.8, 4) is 0 Å². The van der Waals surface area contributed by atoms with Crippen molar-refractivity contribution in [1.29, 1.82) is 0 Å². The minimum atomic E-state index is -3.55. The highest BCUT2D eigenvalue weighted by atomic mass is 32.2.